The molecule has 1 aliphatic carbocycles. The summed E-state index contributed by atoms with van der Waals surface area (Å²) in [5.74, 6) is 0. The normalized spacial score (nSPS) is 12.9. The lowest BCUT2D eigenvalue weighted by Gasteiger charge is -2.10. The number of allylic oxidation sites excluding steroid dienone is 1. The molecule has 0 radical (unpaired) electrons. The second kappa shape index (κ2) is 5.39. The van der Waals surface area contributed by atoms with E-state index in [-0.39, 0.29) is 0 Å². The lowest BCUT2D eigenvalue weighted by atomic mass is 9.99. The lowest BCUT2D eigenvalue weighted by Crippen LogP contribution is -2.33. The van der Waals surface area contributed by atoms with E-state index in [1.807, 2.05) is 12.4 Å². The predicted octanol–water partition coefficient (Wildman–Crippen LogP) is 2.77. The minimum atomic E-state index is 0.845. The van der Waals surface area contributed by atoms with Crippen molar-refractivity contribution >= 4 is 11.6 Å². The summed E-state index contributed by atoms with van der Waals surface area (Å²) >= 11 is 0. The number of hydrogen-bond donors (Lipinski definition) is 0. The van der Waals surface area contributed by atoms with Gasteiger partial charge in [0.1, 0.15) is 12.0 Å². The maximum Gasteiger partial charge on any atom is 0.287 e. The summed E-state index contributed by atoms with van der Waals surface area (Å²) in [6.07, 6.45) is 8.24. The zero-order chi connectivity index (χ0) is 15.8. The number of aryl methyl sites for hydroxylation is 2. The van der Waals surface area contributed by atoms with E-state index in [1.165, 1.54) is 28.0 Å². The molecular weight excluding hydrogens is 284 g/mol. The van der Waals surface area contributed by atoms with Gasteiger partial charge in [-0.1, -0.05) is 24.3 Å². The maximum atomic E-state index is 4.59. The highest BCUT2D eigenvalue weighted by Gasteiger charge is 2.27. The van der Waals surface area contributed by atoms with E-state index in [1.54, 1.807) is 12.5 Å². The average molecular weight is 301 g/mol. The number of nitrogens with zero attached hydrogens (tertiary/aromatic N) is 4. The number of aromatic nitrogens is 4. The van der Waals surface area contributed by atoms with Gasteiger partial charge in [-0.15, -0.1) is 0 Å². The van der Waals surface area contributed by atoms with Gasteiger partial charge in [-0.2, -0.15) is 0 Å². The Kier molecular flexibility index (Phi) is 3.23. The van der Waals surface area contributed by atoms with Crippen molar-refractivity contribution in [3.8, 4) is 11.3 Å². The van der Waals surface area contributed by atoms with Gasteiger partial charge in [-0.3, -0.25) is 0 Å². The van der Waals surface area contributed by atoms with Gasteiger partial charge in [-0.05, 0) is 35.2 Å². The van der Waals surface area contributed by atoms with Crippen LogP contribution in [0.5, 0.6) is 0 Å². The van der Waals surface area contributed by atoms with Crippen LogP contribution >= 0.6 is 0 Å². The van der Waals surface area contributed by atoms with E-state index in [2.05, 4.69) is 63.8 Å². The number of fused-ring (bicyclic) bond motifs is 1. The highest BCUT2D eigenvalue weighted by atomic mass is 15.0. The van der Waals surface area contributed by atoms with Crippen LogP contribution < -0.4 is 4.57 Å². The first kappa shape index (κ1) is 13.8. The molecule has 4 rings (SSSR count). The Morgan fingerprint density at radius 3 is 2.74 bits per heavy atom. The van der Waals surface area contributed by atoms with Gasteiger partial charge in [0.25, 0.3) is 6.33 Å². The van der Waals surface area contributed by atoms with E-state index in [4.69, 9.17) is 0 Å². The third-order valence-corrected chi connectivity index (χ3v) is 4.31. The van der Waals surface area contributed by atoms with E-state index < -0.39 is 0 Å². The number of benzene rings is 1. The molecule has 4 nitrogen and oxygen atoms in total. The van der Waals surface area contributed by atoms with E-state index in [0.29, 0.717) is 0 Å². The molecule has 0 fully saturated rings. The zero-order valence-electron chi connectivity index (χ0n) is 13.2. The Bertz CT molecular complexity index is 914. The van der Waals surface area contributed by atoms with E-state index in [9.17, 15) is 0 Å². The van der Waals surface area contributed by atoms with Gasteiger partial charge >= 0.3 is 0 Å². The third kappa shape index (κ3) is 2.32. The quantitative estimate of drug-likeness (QED) is 0.684. The van der Waals surface area contributed by atoms with Crippen molar-refractivity contribution in [2.45, 2.75) is 13.3 Å². The third-order valence-electron chi connectivity index (χ3n) is 4.31. The molecule has 0 spiro atoms. The van der Waals surface area contributed by atoms with Crippen molar-refractivity contribution < 1.29 is 4.57 Å². The smallest absolute Gasteiger partial charge is 0.245 e. The molecule has 0 aliphatic heterocycles. The minimum absolute atomic E-state index is 0.845. The van der Waals surface area contributed by atoms with Gasteiger partial charge in [0.2, 0.25) is 0 Å². The molecule has 112 valence electrons. The summed E-state index contributed by atoms with van der Waals surface area (Å²) in [6, 6.07) is 10.4. The maximum absolute atomic E-state index is 4.59. The molecule has 3 aromatic rings. The largest absolute Gasteiger partial charge is 0.287 e. The summed E-state index contributed by atoms with van der Waals surface area (Å²) in [4.78, 5) is 13.0. The second-order valence-electron chi connectivity index (χ2n) is 5.82. The SMILES string of the molecule is Cc1ccccc1-c1c2c(nc[n+]1C)C=C(c1ccncn1)C2. The van der Waals surface area contributed by atoms with Crippen LogP contribution in [0.2, 0.25) is 0 Å². The second-order valence-corrected chi connectivity index (χ2v) is 5.82. The Morgan fingerprint density at radius 2 is 1.96 bits per heavy atom. The molecule has 2 aromatic heterocycles. The first-order valence-electron chi connectivity index (χ1n) is 7.64. The van der Waals surface area contributed by atoms with Crippen LogP contribution in [0.25, 0.3) is 22.9 Å². The van der Waals surface area contributed by atoms with Crippen LogP contribution in [-0.2, 0) is 13.5 Å². The van der Waals surface area contributed by atoms with Crippen molar-refractivity contribution in [2.24, 2.45) is 7.05 Å². The van der Waals surface area contributed by atoms with Crippen molar-refractivity contribution in [2.75, 3.05) is 0 Å². The number of hydrogen-bond acceptors (Lipinski definition) is 3. The van der Waals surface area contributed by atoms with Crippen molar-refractivity contribution in [1.82, 2.24) is 15.0 Å². The average Bonchev–Trinajstić information content (AvgIpc) is 3.01. The highest BCUT2D eigenvalue weighted by molar-refractivity contribution is 5.88. The molecule has 1 aliphatic rings. The molecule has 0 saturated carbocycles. The fraction of sp³-hybridized carbons (Fsp3) is 0.158. The first-order valence-corrected chi connectivity index (χ1v) is 7.64. The van der Waals surface area contributed by atoms with Gasteiger partial charge in [0.05, 0.1) is 18.3 Å². The highest BCUT2D eigenvalue weighted by Crippen LogP contribution is 2.34. The van der Waals surface area contributed by atoms with E-state index in [0.717, 1.165) is 17.8 Å². The fourth-order valence-electron chi connectivity index (χ4n) is 3.16. The summed E-state index contributed by atoms with van der Waals surface area (Å²) in [6.45, 7) is 2.15. The summed E-state index contributed by atoms with van der Waals surface area (Å²) in [5.41, 5.74) is 8.21. The van der Waals surface area contributed by atoms with Crippen molar-refractivity contribution in [1.29, 1.82) is 0 Å². The standard InChI is InChI=1S/C19H17N4/c1-13-5-3-4-6-15(13)19-16-9-14(17-7-8-20-11-21-17)10-18(16)22-12-23(19)2/h3-8,10-12H,9H2,1-2H3/q+1. The molecule has 0 saturated heterocycles. The monoisotopic (exact) mass is 301 g/mol. The molecule has 0 unspecified atom stereocenters. The van der Waals surface area contributed by atoms with Crippen LogP contribution in [0.15, 0.2) is 49.2 Å². The van der Waals surface area contributed by atoms with E-state index >= 15 is 0 Å². The van der Waals surface area contributed by atoms with Crippen molar-refractivity contribution in [3.05, 3.63) is 71.7 Å². The van der Waals surface area contributed by atoms with Gasteiger partial charge in [0, 0.05) is 18.2 Å². The Labute approximate surface area is 135 Å². The van der Waals surface area contributed by atoms with Crippen LogP contribution in [0.1, 0.15) is 22.5 Å². The summed E-state index contributed by atoms with van der Waals surface area (Å²) in [5, 5.41) is 0. The van der Waals surface area contributed by atoms with Gasteiger partial charge in [-0.25, -0.2) is 14.5 Å². The fourth-order valence-corrected chi connectivity index (χ4v) is 3.16. The molecular formula is C19H17N4+. The zero-order valence-corrected chi connectivity index (χ0v) is 13.2. The molecule has 1 aromatic carbocycles. The van der Waals surface area contributed by atoms with Gasteiger partial charge in [0.15, 0.2) is 5.69 Å². The topological polar surface area (TPSA) is 42.5 Å². The van der Waals surface area contributed by atoms with Gasteiger partial charge < -0.3 is 0 Å². The molecule has 0 atom stereocenters. The summed E-state index contributed by atoms with van der Waals surface area (Å²) in [7, 11) is 2.05. The van der Waals surface area contributed by atoms with Crippen LogP contribution in [0.3, 0.4) is 0 Å². The van der Waals surface area contributed by atoms with Crippen molar-refractivity contribution in [3.63, 3.8) is 0 Å². The summed E-state index contributed by atoms with van der Waals surface area (Å²) < 4.78 is 2.11. The Hall–Kier alpha value is -2.88. The van der Waals surface area contributed by atoms with Crippen LogP contribution in [0, 0.1) is 6.92 Å². The molecule has 0 N–H and O–H groups in total. The molecule has 2 heterocycles. The predicted molar refractivity (Wildman–Crippen MR) is 89.2 cm³/mol. The molecule has 0 bridgehead atoms. The Balaban J connectivity index is 1.84. The molecule has 0 amide bonds. The number of rotatable bonds is 2. The Morgan fingerprint density at radius 1 is 1.09 bits per heavy atom. The first-order chi connectivity index (χ1) is 11.2. The van der Waals surface area contributed by atoms with Crippen LogP contribution in [0.4, 0.5) is 0 Å². The minimum Gasteiger partial charge on any atom is -0.245 e. The lowest BCUT2D eigenvalue weighted by molar-refractivity contribution is -0.663. The van der Waals surface area contributed by atoms with Crippen LogP contribution in [-0.4, -0.2) is 15.0 Å². The molecule has 4 heteroatoms. The molecule has 23 heavy (non-hydrogen) atoms.